The van der Waals surface area contributed by atoms with Crippen LogP contribution >= 0.6 is 0 Å². The number of aryl methyl sites for hydroxylation is 1. The van der Waals surface area contributed by atoms with Gasteiger partial charge in [0, 0.05) is 16.6 Å². The van der Waals surface area contributed by atoms with Gasteiger partial charge in [0.15, 0.2) is 5.78 Å². The van der Waals surface area contributed by atoms with Gasteiger partial charge in [0.25, 0.3) is 0 Å². The van der Waals surface area contributed by atoms with E-state index in [4.69, 9.17) is 4.74 Å². The molecular formula is C20H17NO3. The number of carbonyl (C=O) groups is 1. The van der Waals surface area contributed by atoms with Crippen molar-refractivity contribution >= 4 is 22.8 Å². The summed E-state index contributed by atoms with van der Waals surface area (Å²) in [6.45, 7) is 1.74. The summed E-state index contributed by atoms with van der Waals surface area (Å²) in [5.41, 5.74) is 2.10. The van der Waals surface area contributed by atoms with Crippen LogP contribution in [0.1, 0.15) is 21.6 Å². The number of methoxy groups -OCH3 is 1. The molecule has 3 aromatic rings. The summed E-state index contributed by atoms with van der Waals surface area (Å²) in [5, 5.41) is 0.518. The molecule has 0 radical (unpaired) electrons. The number of H-pyrrole nitrogens is 1. The highest BCUT2D eigenvalue weighted by Gasteiger charge is 2.14. The van der Waals surface area contributed by atoms with Crippen LogP contribution in [0.3, 0.4) is 0 Å². The predicted octanol–water partition coefficient (Wildman–Crippen LogP) is 3.74. The molecule has 0 aliphatic rings. The Morgan fingerprint density at radius 2 is 1.79 bits per heavy atom. The first-order chi connectivity index (χ1) is 11.6. The van der Waals surface area contributed by atoms with Crippen molar-refractivity contribution in [2.24, 2.45) is 0 Å². The van der Waals surface area contributed by atoms with E-state index >= 15 is 0 Å². The first-order valence-corrected chi connectivity index (χ1v) is 7.58. The number of carbonyl (C=O) groups excluding carboxylic acids is 1. The van der Waals surface area contributed by atoms with Crippen molar-refractivity contribution in [3.63, 3.8) is 0 Å². The number of ether oxygens (including phenoxy) is 1. The molecule has 0 amide bonds. The summed E-state index contributed by atoms with van der Waals surface area (Å²) in [7, 11) is 1.60. The van der Waals surface area contributed by atoms with E-state index in [1.54, 1.807) is 32.2 Å². The molecule has 120 valence electrons. The smallest absolute Gasteiger partial charge is 0.200 e. The van der Waals surface area contributed by atoms with Gasteiger partial charge in [-0.2, -0.15) is 0 Å². The molecule has 24 heavy (non-hydrogen) atoms. The number of rotatable bonds is 4. The predicted molar refractivity (Wildman–Crippen MR) is 95.7 cm³/mol. The molecular weight excluding hydrogens is 302 g/mol. The van der Waals surface area contributed by atoms with Crippen molar-refractivity contribution in [2.45, 2.75) is 6.92 Å². The Hall–Kier alpha value is -3.14. The topological polar surface area (TPSA) is 59.2 Å². The van der Waals surface area contributed by atoms with Crippen LogP contribution in [-0.2, 0) is 0 Å². The van der Waals surface area contributed by atoms with Gasteiger partial charge in [0.05, 0.1) is 12.7 Å². The van der Waals surface area contributed by atoms with Gasteiger partial charge in [-0.25, -0.2) is 0 Å². The molecule has 4 nitrogen and oxygen atoms in total. The van der Waals surface area contributed by atoms with Gasteiger partial charge in [0.2, 0.25) is 5.43 Å². The molecule has 0 bridgehead atoms. The number of allylic oxidation sites excluding steroid dienone is 1. The zero-order chi connectivity index (χ0) is 17.1. The number of fused-ring (bicyclic) bond motifs is 1. The lowest BCUT2D eigenvalue weighted by atomic mass is 10.0. The number of pyridine rings is 1. The highest BCUT2D eigenvalue weighted by Crippen LogP contribution is 2.14. The van der Waals surface area contributed by atoms with E-state index in [9.17, 15) is 9.59 Å². The van der Waals surface area contributed by atoms with Crippen LogP contribution in [0.15, 0.2) is 59.4 Å². The normalized spacial score (nSPS) is 11.1. The zero-order valence-corrected chi connectivity index (χ0v) is 13.5. The molecule has 4 heteroatoms. The van der Waals surface area contributed by atoms with Crippen molar-refractivity contribution in [1.82, 2.24) is 4.98 Å². The molecule has 1 heterocycles. The third-order valence-electron chi connectivity index (χ3n) is 3.89. The number of hydrogen-bond donors (Lipinski definition) is 1. The van der Waals surface area contributed by atoms with Gasteiger partial charge in [-0.3, -0.25) is 9.59 Å². The van der Waals surface area contributed by atoms with Gasteiger partial charge < -0.3 is 9.72 Å². The van der Waals surface area contributed by atoms with E-state index in [1.807, 2.05) is 36.4 Å². The number of benzene rings is 2. The number of hydrogen-bond acceptors (Lipinski definition) is 3. The Kier molecular flexibility index (Phi) is 4.29. The van der Waals surface area contributed by atoms with E-state index in [2.05, 4.69) is 4.98 Å². The second kappa shape index (κ2) is 6.54. The van der Waals surface area contributed by atoms with E-state index in [-0.39, 0.29) is 16.8 Å². The highest BCUT2D eigenvalue weighted by molar-refractivity contribution is 6.08. The van der Waals surface area contributed by atoms with Crippen LogP contribution < -0.4 is 10.2 Å². The van der Waals surface area contributed by atoms with Crippen LogP contribution in [-0.4, -0.2) is 17.9 Å². The maximum atomic E-state index is 12.6. The van der Waals surface area contributed by atoms with E-state index in [0.717, 1.165) is 16.8 Å². The van der Waals surface area contributed by atoms with Crippen LogP contribution in [0.5, 0.6) is 5.75 Å². The number of aromatic amines is 1. The van der Waals surface area contributed by atoms with Gasteiger partial charge in [-0.05, 0) is 42.8 Å². The zero-order valence-electron chi connectivity index (χ0n) is 13.5. The Balaban J connectivity index is 1.96. The molecule has 1 N–H and O–H groups in total. The maximum Gasteiger partial charge on any atom is 0.200 e. The highest BCUT2D eigenvalue weighted by atomic mass is 16.5. The molecule has 0 saturated heterocycles. The molecule has 0 aliphatic carbocycles. The third-order valence-corrected chi connectivity index (χ3v) is 3.89. The van der Waals surface area contributed by atoms with Crippen molar-refractivity contribution in [3.8, 4) is 5.75 Å². The van der Waals surface area contributed by atoms with Gasteiger partial charge in [0.1, 0.15) is 5.75 Å². The second-order valence-electron chi connectivity index (χ2n) is 5.47. The molecule has 0 unspecified atom stereocenters. The minimum absolute atomic E-state index is 0.179. The van der Waals surface area contributed by atoms with E-state index < -0.39 is 0 Å². The summed E-state index contributed by atoms with van der Waals surface area (Å²) < 4.78 is 5.10. The largest absolute Gasteiger partial charge is 0.497 e. The summed E-state index contributed by atoms with van der Waals surface area (Å²) >= 11 is 0. The lowest BCUT2D eigenvalue weighted by molar-refractivity contribution is 0.104. The fourth-order valence-electron chi connectivity index (χ4n) is 2.63. The molecule has 2 aromatic carbocycles. The first kappa shape index (κ1) is 15.7. The molecule has 0 atom stereocenters. The molecule has 1 aromatic heterocycles. The Morgan fingerprint density at radius 1 is 1.08 bits per heavy atom. The quantitative estimate of drug-likeness (QED) is 0.588. The number of ketones is 1. The number of aromatic nitrogens is 1. The molecule has 3 rings (SSSR count). The minimum Gasteiger partial charge on any atom is -0.497 e. The first-order valence-electron chi connectivity index (χ1n) is 7.58. The fourth-order valence-corrected chi connectivity index (χ4v) is 2.63. The maximum absolute atomic E-state index is 12.6. The third kappa shape index (κ3) is 2.99. The van der Waals surface area contributed by atoms with Crippen LogP contribution in [0.4, 0.5) is 0 Å². The van der Waals surface area contributed by atoms with Crippen LogP contribution in [0.25, 0.3) is 17.0 Å². The van der Waals surface area contributed by atoms with Gasteiger partial charge >= 0.3 is 0 Å². The van der Waals surface area contributed by atoms with Crippen molar-refractivity contribution in [1.29, 1.82) is 0 Å². The Labute approximate surface area is 139 Å². The number of para-hydroxylation sites is 1. The molecule has 0 aliphatic heterocycles. The summed E-state index contributed by atoms with van der Waals surface area (Å²) in [4.78, 5) is 28.2. The fraction of sp³-hybridized carbons (Fsp3) is 0.100. The second-order valence-corrected chi connectivity index (χ2v) is 5.47. The molecule has 0 spiro atoms. The molecule has 0 saturated carbocycles. The number of nitrogens with one attached hydrogen (secondary N) is 1. The van der Waals surface area contributed by atoms with E-state index in [0.29, 0.717) is 11.1 Å². The molecule has 0 fully saturated rings. The van der Waals surface area contributed by atoms with Crippen LogP contribution in [0, 0.1) is 6.92 Å². The average Bonchev–Trinajstić information content (AvgIpc) is 2.60. The Morgan fingerprint density at radius 3 is 2.50 bits per heavy atom. The monoisotopic (exact) mass is 319 g/mol. The van der Waals surface area contributed by atoms with Crippen LogP contribution in [0.2, 0.25) is 0 Å². The lowest BCUT2D eigenvalue weighted by Crippen LogP contribution is -2.17. The van der Waals surface area contributed by atoms with E-state index in [1.165, 1.54) is 6.08 Å². The van der Waals surface area contributed by atoms with Crippen molar-refractivity contribution < 1.29 is 9.53 Å². The minimum atomic E-state index is -0.310. The van der Waals surface area contributed by atoms with Crippen molar-refractivity contribution in [2.75, 3.05) is 7.11 Å². The van der Waals surface area contributed by atoms with Crippen molar-refractivity contribution in [3.05, 3.63) is 81.7 Å². The summed E-state index contributed by atoms with van der Waals surface area (Å²) in [5.74, 6) is 0.440. The summed E-state index contributed by atoms with van der Waals surface area (Å²) in [6, 6.07) is 14.5. The van der Waals surface area contributed by atoms with Gasteiger partial charge in [-0.15, -0.1) is 0 Å². The summed E-state index contributed by atoms with van der Waals surface area (Å²) in [6.07, 6.45) is 3.12. The van der Waals surface area contributed by atoms with Gasteiger partial charge in [-0.1, -0.05) is 30.3 Å². The lowest BCUT2D eigenvalue weighted by Gasteiger charge is -2.05. The average molecular weight is 319 g/mol. The Bertz CT molecular complexity index is 982. The standard InChI is InChI=1S/C20H17NO3/c1-13-19(20(23)16-5-3-4-6-17(16)21-13)18(22)12-9-14-7-10-15(24-2)11-8-14/h3-12H,1-2H3,(H,21,23). The SMILES string of the molecule is COc1ccc(C=CC(=O)c2c(C)[nH]c3ccccc3c2=O)cc1.